The van der Waals surface area contributed by atoms with Crippen LogP contribution in [0.25, 0.3) is 0 Å². The molecule has 0 fully saturated rings. The second-order valence-electron chi connectivity index (χ2n) is 3.83. The van der Waals surface area contributed by atoms with E-state index >= 15 is 0 Å². The van der Waals surface area contributed by atoms with Crippen LogP contribution >= 0.6 is 0 Å². The Balaban J connectivity index is 0. The maximum atomic E-state index is 9.90. The summed E-state index contributed by atoms with van der Waals surface area (Å²) >= 11 is 0. The van der Waals surface area contributed by atoms with Gasteiger partial charge in [-0.15, -0.1) is 0 Å². The quantitative estimate of drug-likeness (QED) is 0.785. The first-order valence-electron chi connectivity index (χ1n) is 4.67. The molecule has 0 aliphatic rings. The Morgan fingerprint density at radius 1 is 1.46 bits per heavy atom. The maximum Gasteiger partial charge on any atom is 0.0991 e. The number of hydrogen-bond acceptors (Lipinski definition) is 2. The molecule has 0 saturated carbocycles. The normalized spacial score (nSPS) is 16.7. The van der Waals surface area contributed by atoms with Gasteiger partial charge in [0.25, 0.3) is 0 Å². The van der Waals surface area contributed by atoms with Crippen LogP contribution in [0.5, 0.6) is 0 Å². The molecular weight excluding hydrogens is 317 g/mol. The number of aliphatic imine (C=N–C) groups is 1. The Hall–Kier alpha value is 0.877. The summed E-state index contributed by atoms with van der Waals surface area (Å²) in [4.78, 5) is 4.33. The standard InChI is InChI=1S/C10H21NO.Er/c1-6-7-10(5,12)9(4)11-8(2)3;/h8,12H,6-7H2,1-5H3;. The van der Waals surface area contributed by atoms with Crippen molar-refractivity contribution in [1.29, 1.82) is 0 Å². The van der Waals surface area contributed by atoms with Gasteiger partial charge in [-0.2, -0.15) is 0 Å². The first-order valence-corrected chi connectivity index (χ1v) is 4.67. The summed E-state index contributed by atoms with van der Waals surface area (Å²) in [6, 6.07) is 0.272. The Kier molecular flexibility index (Phi) is 9.04. The van der Waals surface area contributed by atoms with Gasteiger partial charge in [0.05, 0.1) is 5.60 Å². The van der Waals surface area contributed by atoms with E-state index in [0.717, 1.165) is 18.6 Å². The monoisotopic (exact) mass is 337 g/mol. The van der Waals surface area contributed by atoms with Crippen molar-refractivity contribution in [3.63, 3.8) is 0 Å². The van der Waals surface area contributed by atoms with Crippen LogP contribution in [-0.2, 0) is 0 Å². The molecule has 84 valence electrons. The molecular formula is C10H21ErNO. The SMILES string of the molecule is CCCC(C)(O)C(C)=NC(C)C.[Er]. The van der Waals surface area contributed by atoms with Gasteiger partial charge in [0.15, 0.2) is 0 Å². The summed E-state index contributed by atoms with van der Waals surface area (Å²) in [5.41, 5.74) is 0.137. The zero-order chi connectivity index (χ0) is 9.78. The Labute approximate surface area is 111 Å². The fourth-order valence-corrected chi connectivity index (χ4v) is 1.19. The van der Waals surface area contributed by atoms with Crippen LogP contribution in [0.3, 0.4) is 0 Å². The summed E-state index contributed by atoms with van der Waals surface area (Å²) in [5.74, 6) is 0. The molecule has 0 radical (unpaired) electrons. The second kappa shape index (κ2) is 7.21. The second-order valence-corrected chi connectivity index (χ2v) is 3.83. The van der Waals surface area contributed by atoms with Crippen LogP contribution in [0.15, 0.2) is 4.99 Å². The molecule has 0 aliphatic carbocycles. The Morgan fingerprint density at radius 3 is 2.23 bits per heavy atom. The van der Waals surface area contributed by atoms with Gasteiger partial charge in [-0.25, -0.2) is 0 Å². The third kappa shape index (κ3) is 6.88. The minimum atomic E-state index is -0.709. The van der Waals surface area contributed by atoms with Crippen molar-refractivity contribution in [3.05, 3.63) is 0 Å². The van der Waals surface area contributed by atoms with Gasteiger partial charge in [0.2, 0.25) is 0 Å². The molecule has 0 rings (SSSR count). The molecule has 2 nitrogen and oxygen atoms in total. The largest absolute Gasteiger partial charge is 0.384 e. The molecule has 1 atom stereocenters. The first kappa shape index (κ1) is 16.3. The molecule has 0 aliphatic heterocycles. The van der Waals surface area contributed by atoms with Crippen LogP contribution < -0.4 is 0 Å². The summed E-state index contributed by atoms with van der Waals surface area (Å²) in [6.45, 7) is 9.83. The van der Waals surface area contributed by atoms with Crippen LogP contribution in [-0.4, -0.2) is 22.5 Å². The van der Waals surface area contributed by atoms with E-state index in [-0.39, 0.29) is 43.3 Å². The summed E-state index contributed by atoms with van der Waals surface area (Å²) in [7, 11) is 0. The van der Waals surface area contributed by atoms with Gasteiger partial charge in [0, 0.05) is 49.1 Å². The van der Waals surface area contributed by atoms with Crippen molar-refractivity contribution in [2.24, 2.45) is 4.99 Å². The fraction of sp³-hybridized carbons (Fsp3) is 0.900. The maximum absolute atomic E-state index is 9.90. The fourth-order valence-electron chi connectivity index (χ4n) is 1.19. The topological polar surface area (TPSA) is 32.6 Å². The van der Waals surface area contributed by atoms with Gasteiger partial charge < -0.3 is 5.11 Å². The van der Waals surface area contributed by atoms with E-state index in [1.165, 1.54) is 0 Å². The van der Waals surface area contributed by atoms with Crippen LogP contribution in [0.2, 0.25) is 0 Å². The third-order valence-corrected chi connectivity index (χ3v) is 1.97. The Morgan fingerprint density at radius 2 is 1.92 bits per heavy atom. The van der Waals surface area contributed by atoms with E-state index in [9.17, 15) is 5.11 Å². The van der Waals surface area contributed by atoms with Crippen LogP contribution in [0, 0.1) is 37.3 Å². The molecule has 1 unspecified atom stereocenters. The molecule has 0 heterocycles. The van der Waals surface area contributed by atoms with E-state index in [0.29, 0.717) is 0 Å². The molecule has 3 heteroatoms. The third-order valence-electron chi connectivity index (χ3n) is 1.97. The molecule has 0 amide bonds. The van der Waals surface area contributed by atoms with Crippen molar-refractivity contribution in [2.45, 2.75) is 59.1 Å². The van der Waals surface area contributed by atoms with Gasteiger partial charge >= 0.3 is 0 Å². The van der Waals surface area contributed by atoms with E-state index in [1.807, 2.05) is 27.7 Å². The summed E-state index contributed by atoms with van der Waals surface area (Å²) < 4.78 is 0. The van der Waals surface area contributed by atoms with Crippen molar-refractivity contribution < 1.29 is 42.4 Å². The minimum Gasteiger partial charge on any atom is -0.384 e. The number of aliphatic hydroxyl groups is 1. The molecule has 0 saturated heterocycles. The molecule has 0 aromatic rings. The molecule has 0 spiro atoms. The van der Waals surface area contributed by atoms with Crippen molar-refractivity contribution >= 4 is 5.71 Å². The van der Waals surface area contributed by atoms with Crippen molar-refractivity contribution in [3.8, 4) is 0 Å². The van der Waals surface area contributed by atoms with Crippen molar-refractivity contribution in [2.75, 3.05) is 0 Å². The number of rotatable bonds is 4. The minimum absolute atomic E-state index is 0. The van der Waals surface area contributed by atoms with Crippen LogP contribution in [0.1, 0.15) is 47.5 Å². The molecule has 1 N–H and O–H groups in total. The van der Waals surface area contributed by atoms with E-state index in [4.69, 9.17) is 0 Å². The zero-order valence-electron chi connectivity index (χ0n) is 9.17. The van der Waals surface area contributed by atoms with E-state index in [2.05, 4.69) is 11.9 Å². The molecule has 13 heavy (non-hydrogen) atoms. The number of nitrogens with zero attached hydrogens (tertiary/aromatic N) is 1. The van der Waals surface area contributed by atoms with Gasteiger partial charge in [-0.05, 0) is 34.1 Å². The van der Waals surface area contributed by atoms with E-state index < -0.39 is 5.60 Å². The molecule has 0 aromatic carbocycles. The molecule has 0 bridgehead atoms. The van der Waals surface area contributed by atoms with E-state index in [1.54, 1.807) is 0 Å². The predicted molar refractivity (Wildman–Crippen MR) is 53.8 cm³/mol. The summed E-state index contributed by atoms with van der Waals surface area (Å²) in [5, 5.41) is 9.90. The smallest absolute Gasteiger partial charge is 0.0991 e. The summed E-state index contributed by atoms with van der Waals surface area (Å²) in [6.07, 6.45) is 1.77. The van der Waals surface area contributed by atoms with Gasteiger partial charge in [0.1, 0.15) is 0 Å². The average molecular weight is 339 g/mol. The zero-order valence-corrected chi connectivity index (χ0v) is 11.0. The van der Waals surface area contributed by atoms with Gasteiger partial charge in [-0.1, -0.05) is 13.3 Å². The molecule has 0 aromatic heterocycles. The van der Waals surface area contributed by atoms with Gasteiger partial charge in [-0.3, -0.25) is 4.99 Å². The predicted octanol–water partition coefficient (Wildman–Crippen LogP) is 2.41. The average Bonchev–Trinajstić information content (AvgIpc) is 1.85. The number of hydrogen-bond donors (Lipinski definition) is 1. The van der Waals surface area contributed by atoms with Crippen molar-refractivity contribution in [1.82, 2.24) is 0 Å². The van der Waals surface area contributed by atoms with Crippen LogP contribution in [0.4, 0.5) is 0 Å². The first-order chi connectivity index (χ1) is 5.40. The Bertz CT molecular complexity index is 164.